The number of likely N-dealkylation sites (N-methyl/N-ethyl adjacent to an activating group) is 1. The first-order valence-electron chi connectivity index (χ1n) is 6.39. The molecule has 18 heavy (non-hydrogen) atoms. The van der Waals surface area contributed by atoms with Gasteiger partial charge in [0.2, 0.25) is 5.91 Å². The van der Waals surface area contributed by atoms with Crippen LogP contribution in [0.5, 0.6) is 0 Å². The van der Waals surface area contributed by atoms with Crippen molar-refractivity contribution >= 4 is 5.91 Å². The Balaban J connectivity index is 2.48. The highest BCUT2D eigenvalue weighted by molar-refractivity contribution is 5.77. The maximum Gasteiger partial charge on any atom is 0.234 e. The molecule has 4 nitrogen and oxygen atoms in total. The van der Waals surface area contributed by atoms with Crippen LogP contribution in [0.3, 0.4) is 0 Å². The van der Waals surface area contributed by atoms with E-state index in [-0.39, 0.29) is 5.91 Å². The molecule has 0 aliphatic rings. The van der Waals surface area contributed by atoms with Crippen LogP contribution >= 0.6 is 0 Å². The van der Waals surface area contributed by atoms with Gasteiger partial charge in [-0.2, -0.15) is 0 Å². The average Bonchev–Trinajstić information content (AvgIpc) is 2.36. The van der Waals surface area contributed by atoms with Crippen molar-refractivity contribution in [1.29, 1.82) is 0 Å². The first kappa shape index (κ1) is 14.7. The molecule has 3 N–H and O–H groups in total. The van der Waals surface area contributed by atoms with Crippen molar-refractivity contribution < 1.29 is 4.79 Å². The lowest BCUT2D eigenvalue weighted by atomic mass is 10.1. The largest absolute Gasteiger partial charge is 0.355 e. The summed E-state index contributed by atoms with van der Waals surface area (Å²) in [6.45, 7) is 4.48. The van der Waals surface area contributed by atoms with Crippen molar-refractivity contribution in [3.05, 3.63) is 35.4 Å². The molecule has 0 saturated carbocycles. The van der Waals surface area contributed by atoms with Gasteiger partial charge < -0.3 is 11.1 Å². The second kappa shape index (κ2) is 7.84. The summed E-state index contributed by atoms with van der Waals surface area (Å²) in [5, 5.41) is 2.87. The molecule has 0 heterocycles. The molecular weight excluding hydrogens is 226 g/mol. The summed E-state index contributed by atoms with van der Waals surface area (Å²) in [6, 6.07) is 8.07. The first-order valence-corrected chi connectivity index (χ1v) is 6.39. The van der Waals surface area contributed by atoms with E-state index in [4.69, 9.17) is 5.73 Å². The molecule has 0 atom stereocenters. The molecule has 1 aromatic rings. The number of rotatable bonds is 7. The fourth-order valence-electron chi connectivity index (χ4n) is 1.82. The molecule has 0 spiro atoms. The topological polar surface area (TPSA) is 58.4 Å². The van der Waals surface area contributed by atoms with Crippen molar-refractivity contribution in [2.24, 2.45) is 5.73 Å². The van der Waals surface area contributed by atoms with Crippen LogP contribution in [0, 0.1) is 0 Å². The third-order valence-electron chi connectivity index (χ3n) is 2.76. The van der Waals surface area contributed by atoms with Gasteiger partial charge in [-0.3, -0.25) is 9.69 Å². The molecule has 1 amide bonds. The van der Waals surface area contributed by atoms with Crippen LogP contribution in [0.25, 0.3) is 0 Å². The normalized spacial score (nSPS) is 10.7. The zero-order chi connectivity index (χ0) is 13.4. The second-order valence-corrected chi connectivity index (χ2v) is 4.50. The van der Waals surface area contributed by atoms with Crippen molar-refractivity contribution in [1.82, 2.24) is 10.2 Å². The number of hydrogen-bond acceptors (Lipinski definition) is 3. The van der Waals surface area contributed by atoms with Gasteiger partial charge in [0, 0.05) is 19.6 Å². The smallest absolute Gasteiger partial charge is 0.234 e. The Labute approximate surface area is 109 Å². The summed E-state index contributed by atoms with van der Waals surface area (Å²) in [6.07, 6.45) is 0.964. The summed E-state index contributed by atoms with van der Waals surface area (Å²) >= 11 is 0. The Morgan fingerprint density at radius 1 is 1.33 bits per heavy atom. The van der Waals surface area contributed by atoms with Crippen LogP contribution in [-0.2, 0) is 17.9 Å². The number of carbonyl (C=O) groups excluding carboxylic acids is 1. The predicted octanol–water partition coefficient (Wildman–Crippen LogP) is 1.10. The molecule has 0 radical (unpaired) electrons. The van der Waals surface area contributed by atoms with Crippen LogP contribution < -0.4 is 11.1 Å². The Bertz CT molecular complexity index is 379. The van der Waals surface area contributed by atoms with Crippen LogP contribution in [0.4, 0.5) is 0 Å². The van der Waals surface area contributed by atoms with E-state index in [1.165, 1.54) is 5.56 Å². The molecule has 0 saturated heterocycles. The molecule has 0 fully saturated rings. The van der Waals surface area contributed by atoms with E-state index >= 15 is 0 Å². The number of amides is 1. The lowest BCUT2D eigenvalue weighted by Crippen LogP contribution is -2.35. The van der Waals surface area contributed by atoms with E-state index in [0.29, 0.717) is 13.1 Å². The minimum atomic E-state index is 0.0737. The van der Waals surface area contributed by atoms with Crippen molar-refractivity contribution in [2.45, 2.75) is 26.4 Å². The van der Waals surface area contributed by atoms with Crippen molar-refractivity contribution in [2.75, 3.05) is 20.1 Å². The zero-order valence-electron chi connectivity index (χ0n) is 11.3. The highest BCUT2D eigenvalue weighted by Crippen LogP contribution is 2.09. The number of carbonyl (C=O) groups is 1. The third kappa shape index (κ3) is 4.85. The molecule has 1 aromatic carbocycles. The van der Waals surface area contributed by atoms with E-state index in [1.807, 2.05) is 37.1 Å². The van der Waals surface area contributed by atoms with Gasteiger partial charge in [-0.1, -0.05) is 31.2 Å². The second-order valence-electron chi connectivity index (χ2n) is 4.50. The molecule has 4 heteroatoms. The Kier molecular flexibility index (Phi) is 6.39. The minimum Gasteiger partial charge on any atom is -0.355 e. The monoisotopic (exact) mass is 249 g/mol. The fraction of sp³-hybridized carbons (Fsp3) is 0.500. The molecule has 0 aromatic heterocycles. The minimum absolute atomic E-state index is 0.0737. The first-order chi connectivity index (χ1) is 8.67. The predicted molar refractivity (Wildman–Crippen MR) is 74.0 cm³/mol. The molecule has 100 valence electrons. The van der Waals surface area contributed by atoms with Crippen LogP contribution in [0.2, 0.25) is 0 Å². The van der Waals surface area contributed by atoms with Crippen molar-refractivity contribution in [3.8, 4) is 0 Å². The van der Waals surface area contributed by atoms with E-state index < -0.39 is 0 Å². The van der Waals surface area contributed by atoms with E-state index in [0.717, 1.165) is 25.1 Å². The summed E-state index contributed by atoms with van der Waals surface area (Å²) in [5.41, 5.74) is 8.02. The highest BCUT2D eigenvalue weighted by Gasteiger charge is 2.08. The van der Waals surface area contributed by atoms with Gasteiger partial charge in [-0.25, -0.2) is 0 Å². The SMILES string of the molecule is CCCNC(=O)CN(C)Cc1ccccc1CN. The lowest BCUT2D eigenvalue weighted by Gasteiger charge is -2.18. The number of benzene rings is 1. The van der Waals surface area contributed by atoms with E-state index in [1.54, 1.807) is 0 Å². The Hall–Kier alpha value is -1.39. The molecule has 0 aliphatic carbocycles. The van der Waals surface area contributed by atoms with Crippen LogP contribution in [0.15, 0.2) is 24.3 Å². The van der Waals surface area contributed by atoms with Crippen LogP contribution in [0.1, 0.15) is 24.5 Å². The molecular formula is C14H23N3O. The molecule has 0 aliphatic heterocycles. The number of nitrogens with zero attached hydrogens (tertiary/aromatic N) is 1. The standard InChI is InChI=1S/C14H23N3O/c1-3-8-16-14(18)11-17(2)10-13-7-5-4-6-12(13)9-15/h4-7H,3,8-11,15H2,1-2H3,(H,16,18). The third-order valence-corrected chi connectivity index (χ3v) is 2.76. The van der Waals surface area contributed by atoms with Gasteiger partial charge in [0.05, 0.1) is 6.54 Å². The molecule has 0 bridgehead atoms. The molecule has 1 rings (SSSR count). The quantitative estimate of drug-likeness (QED) is 0.761. The van der Waals surface area contributed by atoms with Gasteiger partial charge in [-0.15, -0.1) is 0 Å². The number of nitrogens with one attached hydrogen (secondary N) is 1. The maximum absolute atomic E-state index is 11.6. The van der Waals surface area contributed by atoms with Crippen LogP contribution in [-0.4, -0.2) is 30.9 Å². The molecule has 0 unspecified atom stereocenters. The van der Waals surface area contributed by atoms with Gasteiger partial charge in [-0.05, 0) is 24.6 Å². The van der Waals surface area contributed by atoms with E-state index in [2.05, 4.69) is 11.4 Å². The van der Waals surface area contributed by atoms with E-state index in [9.17, 15) is 4.79 Å². The van der Waals surface area contributed by atoms with Crippen molar-refractivity contribution in [3.63, 3.8) is 0 Å². The summed E-state index contributed by atoms with van der Waals surface area (Å²) < 4.78 is 0. The zero-order valence-corrected chi connectivity index (χ0v) is 11.3. The summed E-state index contributed by atoms with van der Waals surface area (Å²) in [4.78, 5) is 13.6. The van der Waals surface area contributed by atoms with Gasteiger partial charge >= 0.3 is 0 Å². The average molecular weight is 249 g/mol. The maximum atomic E-state index is 11.6. The van der Waals surface area contributed by atoms with Gasteiger partial charge in [0.1, 0.15) is 0 Å². The van der Waals surface area contributed by atoms with Gasteiger partial charge in [0.25, 0.3) is 0 Å². The Morgan fingerprint density at radius 3 is 2.61 bits per heavy atom. The summed E-state index contributed by atoms with van der Waals surface area (Å²) in [7, 11) is 1.94. The number of nitrogens with two attached hydrogens (primary N) is 1. The lowest BCUT2D eigenvalue weighted by molar-refractivity contribution is -0.122. The number of hydrogen-bond donors (Lipinski definition) is 2. The van der Waals surface area contributed by atoms with Gasteiger partial charge in [0.15, 0.2) is 0 Å². The Morgan fingerprint density at radius 2 is 2.00 bits per heavy atom. The summed E-state index contributed by atoms with van der Waals surface area (Å²) in [5.74, 6) is 0.0737. The fourth-order valence-corrected chi connectivity index (χ4v) is 1.82. The highest BCUT2D eigenvalue weighted by atomic mass is 16.2.